The fraction of sp³-hybridized carbons (Fsp3) is 0.929. The molecule has 96 valence electrons. The lowest BCUT2D eigenvalue weighted by Gasteiger charge is -2.27. The van der Waals surface area contributed by atoms with Crippen LogP contribution in [0.4, 0.5) is 0 Å². The van der Waals surface area contributed by atoms with E-state index in [1.807, 2.05) is 13.8 Å². The van der Waals surface area contributed by atoms with Crippen LogP contribution >= 0.6 is 0 Å². The van der Waals surface area contributed by atoms with Crippen molar-refractivity contribution >= 4 is 0 Å². The van der Waals surface area contributed by atoms with Crippen molar-refractivity contribution in [3.05, 3.63) is 0 Å². The summed E-state index contributed by atoms with van der Waals surface area (Å²) in [4.78, 5) is 5.24. The molecule has 17 heavy (non-hydrogen) atoms. The van der Waals surface area contributed by atoms with Gasteiger partial charge < -0.3 is 4.90 Å². The Morgan fingerprint density at radius 1 is 1.24 bits per heavy atom. The Morgan fingerprint density at radius 2 is 2.00 bits per heavy atom. The maximum Gasteiger partial charge on any atom is 0.0684 e. The SMILES string of the molecule is CC(C)(C#N)CCN1CCCN2CCCC2C1. The molecule has 0 saturated carbocycles. The van der Waals surface area contributed by atoms with E-state index in [9.17, 15) is 0 Å². The van der Waals surface area contributed by atoms with E-state index in [-0.39, 0.29) is 5.41 Å². The van der Waals surface area contributed by atoms with Gasteiger partial charge in [0.1, 0.15) is 0 Å². The van der Waals surface area contributed by atoms with Gasteiger partial charge in [-0.2, -0.15) is 5.26 Å². The van der Waals surface area contributed by atoms with E-state index in [2.05, 4.69) is 15.9 Å². The summed E-state index contributed by atoms with van der Waals surface area (Å²) in [7, 11) is 0. The van der Waals surface area contributed by atoms with Crippen molar-refractivity contribution in [2.45, 2.75) is 45.6 Å². The summed E-state index contributed by atoms with van der Waals surface area (Å²) >= 11 is 0. The summed E-state index contributed by atoms with van der Waals surface area (Å²) in [6.07, 6.45) is 5.04. The molecule has 0 radical (unpaired) electrons. The maximum atomic E-state index is 9.05. The van der Waals surface area contributed by atoms with Crippen molar-refractivity contribution < 1.29 is 0 Å². The summed E-state index contributed by atoms with van der Waals surface area (Å²) in [5.74, 6) is 0. The Labute approximate surface area is 105 Å². The fourth-order valence-corrected chi connectivity index (χ4v) is 2.98. The van der Waals surface area contributed by atoms with Crippen LogP contribution in [0, 0.1) is 16.7 Å². The standard InChI is InChI=1S/C14H25N3/c1-14(2,12-15)6-10-16-7-4-9-17-8-3-5-13(17)11-16/h13H,3-11H2,1-2H3. The van der Waals surface area contributed by atoms with Crippen LogP contribution in [0.15, 0.2) is 0 Å². The van der Waals surface area contributed by atoms with Crippen molar-refractivity contribution in [1.29, 1.82) is 5.26 Å². The third-order valence-electron chi connectivity index (χ3n) is 4.24. The molecule has 3 nitrogen and oxygen atoms in total. The second-order valence-corrected chi connectivity index (χ2v) is 6.23. The first-order chi connectivity index (χ1) is 8.11. The second kappa shape index (κ2) is 5.37. The molecule has 2 saturated heterocycles. The van der Waals surface area contributed by atoms with Gasteiger partial charge in [0.15, 0.2) is 0 Å². The fourth-order valence-electron chi connectivity index (χ4n) is 2.98. The average molecular weight is 235 g/mol. The van der Waals surface area contributed by atoms with E-state index in [4.69, 9.17) is 5.26 Å². The number of hydrogen-bond acceptors (Lipinski definition) is 3. The predicted octanol–water partition coefficient (Wildman–Crippen LogP) is 2.10. The summed E-state index contributed by atoms with van der Waals surface area (Å²) in [5, 5.41) is 9.05. The van der Waals surface area contributed by atoms with E-state index in [1.54, 1.807) is 0 Å². The number of hydrogen-bond donors (Lipinski definition) is 0. The number of rotatable bonds is 3. The molecule has 1 unspecified atom stereocenters. The van der Waals surface area contributed by atoms with E-state index >= 15 is 0 Å². The zero-order chi connectivity index (χ0) is 12.3. The minimum atomic E-state index is -0.165. The minimum Gasteiger partial charge on any atom is -0.302 e. The first-order valence-corrected chi connectivity index (χ1v) is 6.98. The number of nitriles is 1. The normalized spacial score (nSPS) is 27.5. The molecule has 0 aromatic heterocycles. The topological polar surface area (TPSA) is 30.3 Å². The van der Waals surface area contributed by atoms with Gasteiger partial charge in [-0.1, -0.05) is 0 Å². The van der Waals surface area contributed by atoms with Crippen molar-refractivity contribution in [2.75, 3.05) is 32.7 Å². The number of fused-ring (bicyclic) bond motifs is 1. The predicted molar refractivity (Wildman–Crippen MR) is 69.7 cm³/mol. The average Bonchev–Trinajstić information content (AvgIpc) is 2.65. The van der Waals surface area contributed by atoms with Crippen molar-refractivity contribution in [2.24, 2.45) is 5.41 Å². The molecule has 0 amide bonds. The second-order valence-electron chi connectivity index (χ2n) is 6.23. The van der Waals surface area contributed by atoms with Gasteiger partial charge in [0.25, 0.3) is 0 Å². The van der Waals surface area contributed by atoms with Crippen LogP contribution in [-0.2, 0) is 0 Å². The smallest absolute Gasteiger partial charge is 0.0684 e. The van der Waals surface area contributed by atoms with Crippen LogP contribution in [0.3, 0.4) is 0 Å². The molecule has 2 aliphatic heterocycles. The molecule has 0 aromatic rings. The molecule has 2 aliphatic rings. The highest BCUT2D eigenvalue weighted by Gasteiger charge is 2.29. The van der Waals surface area contributed by atoms with Gasteiger partial charge in [0.05, 0.1) is 11.5 Å². The van der Waals surface area contributed by atoms with Crippen LogP contribution in [0.2, 0.25) is 0 Å². The molecule has 0 aliphatic carbocycles. The van der Waals surface area contributed by atoms with Gasteiger partial charge in [-0.3, -0.25) is 4.90 Å². The van der Waals surface area contributed by atoms with Gasteiger partial charge >= 0.3 is 0 Å². The lowest BCUT2D eigenvalue weighted by Crippen LogP contribution is -2.37. The van der Waals surface area contributed by atoms with Gasteiger partial charge in [0, 0.05) is 12.6 Å². The molecule has 0 N–H and O–H groups in total. The first-order valence-electron chi connectivity index (χ1n) is 6.98. The van der Waals surface area contributed by atoms with E-state index in [0.717, 1.165) is 19.0 Å². The quantitative estimate of drug-likeness (QED) is 0.750. The van der Waals surface area contributed by atoms with Crippen LogP contribution in [0.1, 0.15) is 39.5 Å². The van der Waals surface area contributed by atoms with Crippen LogP contribution < -0.4 is 0 Å². The highest BCUT2D eigenvalue weighted by Crippen LogP contribution is 2.23. The van der Waals surface area contributed by atoms with Crippen LogP contribution in [0.5, 0.6) is 0 Å². The van der Waals surface area contributed by atoms with Gasteiger partial charge in [-0.25, -0.2) is 0 Å². The Balaban J connectivity index is 1.83. The van der Waals surface area contributed by atoms with Gasteiger partial charge in [-0.05, 0) is 65.7 Å². The summed E-state index contributed by atoms with van der Waals surface area (Å²) in [6, 6.07) is 3.20. The van der Waals surface area contributed by atoms with E-state index in [0.29, 0.717) is 0 Å². The molecule has 0 spiro atoms. The van der Waals surface area contributed by atoms with Crippen molar-refractivity contribution in [3.8, 4) is 6.07 Å². The highest BCUT2D eigenvalue weighted by molar-refractivity contribution is 4.93. The largest absolute Gasteiger partial charge is 0.302 e. The zero-order valence-electron chi connectivity index (χ0n) is 11.3. The summed E-state index contributed by atoms with van der Waals surface area (Å²) in [6.45, 7) is 10.2. The van der Waals surface area contributed by atoms with Gasteiger partial charge in [-0.15, -0.1) is 0 Å². The molecule has 0 bridgehead atoms. The minimum absolute atomic E-state index is 0.165. The summed E-state index contributed by atoms with van der Waals surface area (Å²) < 4.78 is 0. The Kier molecular flexibility index (Phi) is 4.06. The van der Waals surface area contributed by atoms with E-state index < -0.39 is 0 Å². The third kappa shape index (κ3) is 3.43. The third-order valence-corrected chi connectivity index (χ3v) is 4.24. The molecular weight excluding hydrogens is 210 g/mol. The Hall–Kier alpha value is -0.590. The molecule has 2 fully saturated rings. The maximum absolute atomic E-state index is 9.05. The first kappa shape index (κ1) is 12.9. The molecule has 3 heteroatoms. The molecule has 2 rings (SSSR count). The Bertz CT molecular complexity index is 292. The van der Waals surface area contributed by atoms with Crippen LogP contribution in [0.25, 0.3) is 0 Å². The molecule has 2 heterocycles. The lowest BCUT2D eigenvalue weighted by molar-refractivity contribution is 0.206. The molecule has 1 atom stereocenters. The number of nitrogens with zero attached hydrogens (tertiary/aromatic N) is 3. The highest BCUT2D eigenvalue weighted by atomic mass is 15.3. The molecular formula is C14H25N3. The zero-order valence-corrected chi connectivity index (χ0v) is 11.3. The van der Waals surface area contributed by atoms with Crippen molar-refractivity contribution in [1.82, 2.24) is 9.80 Å². The van der Waals surface area contributed by atoms with Crippen LogP contribution in [-0.4, -0.2) is 48.6 Å². The summed E-state index contributed by atoms with van der Waals surface area (Å²) in [5.41, 5.74) is -0.165. The van der Waals surface area contributed by atoms with Crippen molar-refractivity contribution in [3.63, 3.8) is 0 Å². The Morgan fingerprint density at radius 3 is 2.76 bits per heavy atom. The van der Waals surface area contributed by atoms with Gasteiger partial charge in [0.2, 0.25) is 0 Å². The molecule has 0 aromatic carbocycles. The monoisotopic (exact) mass is 235 g/mol. The lowest BCUT2D eigenvalue weighted by atomic mass is 9.91. The van der Waals surface area contributed by atoms with E-state index in [1.165, 1.54) is 45.4 Å².